The molecule has 0 spiro atoms. The molecule has 4 bridgehead atoms. The Balaban J connectivity index is 1.33. The zero-order chi connectivity index (χ0) is 22.1. The van der Waals surface area contributed by atoms with Crippen molar-refractivity contribution in [3.8, 4) is 5.75 Å². The lowest BCUT2D eigenvalue weighted by Gasteiger charge is -2.56. The van der Waals surface area contributed by atoms with Gasteiger partial charge in [-0.3, -0.25) is 4.90 Å². The van der Waals surface area contributed by atoms with E-state index in [1.807, 2.05) is 18.2 Å². The molecule has 1 aromatic carbocycles. The molecule has 3 unspecified atom stereocenters. The van der Waals surface area contributed by atoms with Crippen molar-refractivity contribution < 1.29 is 24.8 Å². The van der Waals surface area contributed by atoms with Crippen LogP contribution < -0.4 is 4.74 Å². The molecule has 1 aliphatic carbocycles. The van der Waals surface area contributed by atoms with Crippen molar-refractivity contribution in [1.82, 2.24) is 9.88 Å². The lowest BCUT2D eigenvalue weighted by molar-refractivity contribution is -0.242. The molecule has 1 aromatic heterocycles. The number of piperidine rings is 2. The van der Waals surface area contributed by atoms with E-state index in [1.165, 1.54) is 36.0 Å². The first-order chi connectivity index (χ1) is 15.5. The van der Waals surface area contributed by atoms with Crippen molar-refractivity contribution in [2.24, 2.45) is 17.8 Å². The molecular formula is C25H34N2O5. The van der Waals surface area contributed by atoms with Crippen LogP contribution in [-0.2, 0) is 11.2 Å². The Morgan fingerprint density at radius 2 is 2.06 bits per heavy atom. The van der Waals surface area contributed by atoms with Crippen LogP contribution in [0.15, 0.2) is 18.2 Å². The summed E-state index contributed by atoms with van der Waals surface area (Å²) in [6.07, 6.45) is -1.15. The van der Waals surface area contributed by atoms with Crippen molar-refractivity contribution in [3.63, 3.8) is 0 Å². The van der Waals surface area contributed by atoms with Crippen LogP contribution in [0.3, 0.4) is 0 Å². The average molecular weight is 443 g/mol. The summed E-state index contributed by atoms with van der Waals surface area (Å²) in [4.78, 5) is 6.53. The SMILES string of the molecule is CC[C@@H]1C2[C@H]3C[C@@H](CN2CCc2c3[nH]c3ccc(OC4OC[C@@H](O)[C@@H](O)[C@H]4O)cc23)[C@@H]1C. The van der Waals surface area contributed by atoms with E-state index >= 15 is 0 Å². The van der Waals surface area contributed by atoms with Gasteiger partial charge in [-0.2, -0.15) is 0 Å². The summed E-state index contributed by atoms with van der Waals surface area (Å²) >= 11 is 0. The third-order valence-electron chi connectivity index (χ3n) is 8.83. The number of benzene rings is 1. The highest BCUT2D eigenvalue weighted by Crippen LogP contribution is 2.53. The number of aromatic nitrogens is 1. The van der Waals surface area contributed by atoms with Gasteiger partial charge in [-0.1, -0.05) is 20.3 Å². The Kier molecular flexibility index (Phi) is 5.04. The quantitative estimate of drug-likeness (QED) is 0.581. The smallest absolute Gasteiger partial charge is 0.228 e. The first-order valence-electron chi connectivity index (χ1n) is 12.2. The van der Waals surface area contributed by atoms with E-state index in [1.54, 1.807) is 0 Å². The molecule has 7 nitrogen and oxygen atoms in total. The maximum Gasteiger partial charge on any atom is 0.228 e. The fourth-order valence-corrected chi connectivity index (χ4v) is 7.15. The normalized spacial score (nSPS) is 43.2. The van der Waals surface area contributed by atoms with Crippen molar-refractivity contribution in [2.45, 2.75) is 69.7 Å². The number of hydrogen-bond donors (Lipinski definition) is 4. The number of hydrogen-bond acceptors (Lipinski definition) is 6. The fourth-order valence-electron chi connectivity index (χ4n) is 7.15. The van der Waals surface area contributed by atoms with Crippen LogP contribution in [-0.4, -0.2) is 75.5 Å². The van der Waals surface area contributed by atoms with Crippen LogP contribution in [0.4, 0.5) is 0 Å². The molecule has 2 aromatic rings. The molecule has 5 aliphatic rings. The largest absolute Gasteiger partial charge is 0.462 e. The van der Waals surface area contributed by atoms with Gasteiger partial charge in [0.15, 0.2) is 0 Å². The highest BCUT2D eigenvalue weighted by atomic mass is 16.7. The van der Waals surface area contributed by atoms with E-state index in [2.05, 4.69) is 23.7 Å². The molecule has 32 heavy (non-hydrogen) atoms. The van der Waals surface area contributed by atoms with Gasteiger partial charge in [-0.25, -0.2) is 0 Å². The van der Waals surface area contributed by atoms with Gasteiger partial charge in [0, 0.05) is 41.6 Å². The average Bonchev–Trinajstić information content (AvgIpc) is 3.12. The summed E-state index contributed by atoms with van der Waals surface area (Å²) < 4.78 is 11.3. The van der Waals surface area contributed by atoms with E-state index < -0.39 is 24.6 Å². The van der Waals surface area contributed by atoms with Crippen LogP contribution in [0.2, 0.25) is 0 Å². The molecule has 7 heteroatoms. The number of aliphatic hydroxyl groups is 3. The Hall–Kier alpha value is -1.64. The predicted octanol–water partition coefficient (Wildman–Crippen LogP) is 1.99. The molecule has 4 fully saturated rings. The Labute approximate surface area is 188 Å². The molecule has 4 N–H and O–H groups in total. The van der Waals surface area contributed by atoms with Crippen molar-refractivity contribution in [2.75, 3.05) is 19.7 Å². The number of rotatable bonds is 3. The van der Waals surface area contributed by atoms with Crippen molar-refractivity contribution >= 4 is 10.9 Å². The topological polar surface area (TPSA) is 98.2 Å². The molecule has 7 rings (SSSR count). The third kappa shape index (κ3) is 3.06. The summed E-state index contributed by atoms with van der Waals surface area (Å²) in [5.74, 6) is 3.50. The molecule has 10 atom stereocenters. The van der Waals surface area contributed by atoms with Gasteiger partial charge in [0.25, 0.3) is 0 Å². The number of fused-ring (bicyclic) bond motifs is 4. The number of ether oxygens (including phenoxy) is 2. The Morgan fingerprint density at radius 3 is 2.88 bits per heavy atom. The molecule has 4 aliphatic heterocycles. The summed E-state index contributed by atoms with van der Waals surface area (Å²) in [5.41, 5.74) is 3.93. The van der Waals surface area contributed by atoms with Crippen LogP contribution in [0.5, 0.6) is 5.75 Å². The number of H-pyrrole nitrogens is 1. The van der Waals surface area contributed by atoms with E-state index in [0.29, 0.717) is 17.7 Å². The molecule has 1 saturated carbocycles. The van der Waals surface area contributed by atoms with Crippen LogP contribution in [0.1, 0.15) is 43.9 Å². The standard InChI is InChI=1S/C25H34N2O5/c1-3-15-12(2)13-8-18-21-16(6-7-27(10-13)22(15)18)17-9-14(4-5-19(17)26-21)32-25-24(30)23(29)20(28)11-31-25/h4-5,9,12-13,15,18,20,22-26,28-30H,3,6-8,10-11H2,1-2H3/t12-,13-,15-,18-,20+,22?,23+,24+,25?/m0/s1. The molecule has 0 amide bonds. The first kappa shape index (κ1) is 20.9. The fraction of sp³-hybridized carbons (Fsp3) is 0.680. The summed E-state index contributed by atoms with van der Waals surface area (Å²) in [6, 6.07) is 6.57. The van der Waals surface area contributed by atoms with Crippen molar-refractivity contribution in [3.05, 3.63) is 29.5 Å². The molecule has 174 valence electrons. The van der Waals surface area contributed by atoms with E-state index in [4.69, 9.17) is 9.47 Å². The second kappa shape index (κ2) is 7.71. The zero-order valence-electron chi connectivity index (χ0n) is 18.8. The van der Waals surface area contributed by atoms with Crippen LogP contribution in [0.25, 0.3) is 10.9 Å². The highest BCUT2D eigenvalue weighted by Gasteiger charge is 2.52. The summed E-state index contributed by atoms with van der Waals surface area (Å²) in [7, 11) is 0. The minimum absolute atomic E-state index is 0.0677. The van der Waals surface area contributed by atoms with Gasteiger partial charge in [-0.05, 0) is 54.4 Å². The molecular weight excluding hydrogens is 408 g/mol. The van der Waals surface area contributed by atoms with Crippen LogP contribution >= 0.6 is 0 Å². The molecule has 3 saturated heterocycles. The summed E-state index contributed by atoms with van der Waals surface area (Å²) in [5, 5.41) is 31.0. The van der Waals surface area contributed by atoms with Crippen LogP contribution in [0, 0.1) is 17.8 Å². The van der Waals surface area contributed by atoms with E-state index in [9.17, 15) is 15.3 Å². The molecule has 5 heterocycles. The van der Waals surface area contributed by atoms with Gasteiger partial charge in [0.2, 0.25) is 6.29 Å². The maximum atomic E-state index is 10.2. The zero-order valence-corrected chi connectivity index (χ0v) is 18.8. The number of aromatic amines is 1. The van der Waals surface area contributed by atoms with Gasteiger partial charge in [-0.15, -0.1) is 0 Å². The monoisotopic (exact) mass is 442 g/mol. The van der Waals surface area contributed by atoms with Gasteiger partial charge in [0.1, 0.15) is 24.1 Å². The Morgan fingerprint density at radius 1 is 1.22 bits per heavy atom. The minimum atomic E-state index is -1.30. The third-order valence-corrected chi connectivity index (χ3v) is 8.83. The number of aliphatic hydroxyl groups excluding tert-OH is 3. The second-order valence-electron chi connectivity index (χ2n) is 10.4. The van der Waals surface area contributed by atoms with E-state index in [-0.39, 0.29) is 6.61 Å². The van der Waals surface area contributed by atoms with E-state index in [0.717, 1.165) is 36.2 Å². The van der Waals surface area contributed by atoms with Gasteiger partial charge in [0.05, 0.1) is 6.61 Å². The van der Waals surface area contributed by atoms with Gasteiger partial charge < -0.3 is 29.8 Å². The lowest BCUT2D eigenvalue weighted by atomic mass is 9.60. The predicted molar refractivity (Wildman–Crippen MR) is 120 cm³/mol. The Bertz CT molecular complexity index is 1010. The summed E-state index contributed by atoms with van der Waals surface area (Å²) in [6.45, 7) is 7.08. The first-order valence-corrected chi connectivity index (χ1v) is 12.2. The lowest BCUT2D eigenvalue weighted by Crippen LogP contribution is -2.59. The number of nitrogens with zero attached hydrogens (tertiary/aromatic N) is 1. The van der Waals surface area contributed by atoms with Gasteiger partial charge >= 0.3 is 0 Å². The maximum absolute atomic E-state index is 10.2. The minimum Gasteiger partial charge on any atom is -0.462 e. The second-order valence-corrected chi connectivity index (χ2v) is 10.4. The molecule has 0 radical (unpaired) electrons. The number of nitrogens with one attached hydrogen (secondary N) is 1. The highest BCUT2D eigenvalue weighted by molar-refractivity contribution is 5.86. The van der Waals surface area contributed by atoms with Crippen molar-refractivity contribution in [1.29, 1.82) is 0 Å².